The van der Waals surface area contributed by atoms with Crippen LogP contribution in [0, 0.1) is 0 Å². The highest BCUT2D eigenvalue weighted by atomic mass is 79.9. The van der Waals surface area contributed by atoms with E-state index in [0.29, 0.717) is 13.1 Å². The molecular formula is C14H19BrN2O2. The maximum absolute atomic E-state index is 11.8. The first-order chi connectivity index (χ1) is 9.07. The maximum atomic E-state index is 11.8. The van der Waals surface area contributed by atoms with E-state index in [1.165, 1.54) is 10.5 Å². The first-order valence-corrected chi connectivity index (χ1v) is 7.22. The molecule has 1 fully saturated rings. The van der Waals surface area contributed by atoms with Crippen molar-refractivity contribution in [3.8, 4) is 0 Å². The number of aliphatic hydroxyl groups is 1. The Balaban J connectivity index is 1.94. The van der Waals surface area contributed by atoms with Crippen molar-refractivity contribution in [2.45, 2.75) is 18.3 Å². The van der Waals surface area contributed by atoms with Crippen molar-refractivity contribution in [3.63, 3.8) is 0 Å². The summed E-state index contributed by atoms with van der Waals surface area (Å²) in [4.78, 5) is 13.3. The SMILES string of the molecule is CN(CCO)C(=O)NCC1(c2cccc(Br)c2)CC1. The maximum Gasteiger partial charge on any atom is 0.317 e. The Kier molecular flexibility index (Phi) is 4.47. The van der Waals surface area contributed by atoms with Crippen LogP contribution in [0.3, 0.4) is 0 Å². The summed E-state index contributed by atoms with van der Waals surface area (Å²) in [6.45, 7) is 0.995. The largest absolute Gasteiger partial charge is 0.395 e. The van der Waals surface area contributed by atoms with Gasteiger partial charge < -0.3 is 15.3 Å². The highest BCUT2D eigenvalue weighted by molar-refractivity contribution is 9.10. The van der Waals surface area contributed by atoms with Gasteiger partial charge in [0, 0.05) is 30.0 Å². The Morgan fingerprint density at radius 2 is 2.26 bits per heavy atom. The molecule has 1 saturated carbocycles. The molecule has 0 aromatic heterocycles. The first-order valence-electron chi connectivity index (χ1n) is 6.43. The Labute approximate surface area is 121 Å². The lowest BCUT2D eigenvalue weighted by Gasteiger charge is -2.21. The molecule has 4 nitrogen and oxygen atoms in total. The van der Waals surface area contributed by atoms with Crippen LogP contribution in [0.2, 0.25) is 0 Å². The number of urea groups is 1. The van der Waals surface area contributed by atoms with E-state index in [0.717, 1.165) is 17.3 Å². The lowest BCUT2D eigenvalue weighted by atomic mass is 9.96. The fourth-order valence-corrected chi connectivity index (χ4v) is 2.57. The lowest BCUT2D eigenvalue weighted by molar-refractivity contribution is 0.189. The van der Waals surface area contributed by atoms with Gasteiger partial charge in [-0.3, -0.25) is 0 Å². The zero-order valence-electron chi connectivity index (χ0n) is 11.0. The number of benzene rings is 1. The third kappa shape index (κ3) is 3.48. The second-order valence-corrected chi connectivity index (χ2v) is 6.01. The molecule has 2 rings (SSSR count). The Morgan fingerprint density at radius 1 is 1.53 bits per heavy atom. The van der Waals surface area contributed by atoms with Gasteiger partial charge in [0.2, 0.25) is 0 Å². The second-order valence-electron chi connectivity index (χ2n) is 5.09. The van der Waals surface area contributed by atoms with Gasteiger partial charge in [0.05, 0.1) is 6.61 Å². The third-order valence-electron chi connectivity index (χ3n) is 3.65. The molecule has 2 amide bonds. The van der Waals surface area contributed by atoms with Crippen molar-refractivity contribution in [2.75, 3.05) is 26.7 Å². The van der Waals surface area contributed by atoms with Crippen LogP contribution in [0.5, 0.6) is 0 Å². The summed E-state index contributed by atoms with van der Waals surface area (Å²) in [6, 6.07) is 8.14. The van der Waals surface area contributed by atoms with Crippen molar-refractivity contribution in [1.82, 2.24) is 10.2 Å². The van der Waals surface area contributed by atoms with Gasteiger partial charge >= 0.3 is 6.03 Å². The molecule has 2 N–H and O–H groups in total. The number of hydrogen-bond donors (Lipinski definition) is 2. The van der Waals surface area contributed by atoms with E-state index >= 15 is 0 Å². The Morgan fingerprint density at radius 3 is 2.84 bits per heavy atom. The molecule has 1 aromatic rings. The molecule has 19 heavy (non-hydrogen) atoms. The van der Waals surface area contributed by atoms with Gasteiger partial charge in [-0.25, -0.2) is 4.79 Å². The minimum atomic E-state index is -0.129. The molecule has 1 aromatic carbocycles. The van der Waals surface area contributed by atoms with E-state index in [1.54, 1.807) is 7.05 Å². The molecule has 0 radical (unpaired) electrons. The minimum absolute atomic E-state index is 0.0132. The summed E-state index contributed by atoms with van der Waals surface area (Å²) in [5, 5.41) is 11.8. The number of aliphatic hydroxyl groups excluding tert-OH is 1. The first kappa shape index (κ1) is 14.3. The van der Waals surface area contributed by atoms with Crippen molar-refractivity contribution in [1.29, 1.82) is 0 Å². The quantitative estimate of drug-likeness (QED) is 0.870. The van der Waals surface area contributed by atoms with Gasteiger partial charge in [-0.2, -0.15) is 0 Å². The van der Waals surface area contributed by atoms with Gasteiger partial charge in [0.25, 0.3) is 0 Å². The van der Waals surface area contributed by atoms with E-state index in [4.69, 9.17) is 5.11 Å². The van der Waals surface area contributed by atoms with E-state index in [9.17, 15) is 4.79 Å². The van der Waals surface area contributed by atoms with Crippen molar-refractivity contribution < 1.29 is 9.90 Å². The summed E-state index contributed by atoms with van der Waals surface area (Å²) < 4.78 is 1.07. The number of carbonyl (C=O) groups excluding carboxylic acids is 1. The zero-order chi connectivity index (χ0) is 13.9. The highest BCUT2D eigenvalue weighted by Crippen LogP contribution is 2.48. The highest BCUT2D eigenvalue weighted by Gasteiger charge is 2.44. The predicted molar refractivity (Wildman–Crippen MR) is 78.2 cm³/mol. The molecule has 5 heteroatoms. The number of carbonyl (C=O) groups is 1. The van der Waals surface area contributed by atoms with Crippen LogP contribution in [0.25, 0.3) is 0 Å². The van der Waals surface area contributed by atoms with Crippen LogP contribution in [0.15, 0.2) is 28.7 Å². The van der Waals surface area contributed by atoms with Crippen molar-refractivity contribution in [3.05, 3.63) is 34.3 Å². The number of rotatable bonds is 5. The number of hydrogen-bond acceptors (Lipinski definition) is 2. The van der Waals surface area contributed by atoms with Gasteiger partial charge in [-0.15, -0.1) is 0 Å². The predicted octanol–water partition coefficient (Wildman–Crippen LogP) is 2.11. The Hall–Kier alpha value is -1.07. The lowest BCUT2D eigenvalue weighted by Crippen LogP contribution is -2.42. The van der Waals surface area contributed by atoms with E-state index in [1.807, 2.05) is 12.1 Å². The van der Waals surface area contributed by atoms with E-state index in [2.05, 4.69) is 33.4 Å². The summed E-state index contributed by atoms with van der Waals surface area (Å²) in [6.07, 6.45) is 2.21. The molecule has 0 heterocycles. The number of nitrogens with one attached hydrogen (secondary N) is 1. The normalized spacial score (nSPS) is 15.9. The Bertz CT molecular complexity index is 461. The molecule has 0 saturated heterocycles. The van der Waals surface area contributed by atoms with Crippen LogP contribution >= 0.6 is 15.9 Å². The zero-order valence-corrected chi connectivity index (χ0v) is 12.6. The van der Waals surface area contributed by atoms with Gasteiger partial charge in [0.15, 0.2) is 0 Å². The van der Waals surface area contributed by atoms with Crippen LogP contribution < -0.4 is 5.32 Å². The number of likely N-dealkylation sites (N-methyl/N-ethyl adjacent to an activating group) is 1. The van der Waals surface area contributed by atoms with E-state index in [-0.39, 0.29) is 18.1 Å². The van der Waals surface area contributed by atoms with Crippen LogP contribution in [-0.2, 0) is 5.41 Å². The van der Waals surface area contributed by atoms with Gasteiger partial charge in [0.1, 0.15) is 0 Å². The monoisotopic (exact) mass is 326 g/mol. The molecule has 104 valence electrons. The topological polar surface area (TPSA) is 52.6 Å². The number of nitrogens with zero attached hydrogens (tertiary/aromatic N) is 1. The van der Waals surface area contributed by atoms with Crippen LogP contribution in [0.1, 0.15) is 18.4 Å². The second kappa shape index (κ2) is 5.92. The molecular weight excluding hydrogens is 308 g/mol. The number of halogens is 1. The summed E-state index contributed by atoms with van der Waals surface area (Å²) in [7, 11) is 1.68. The average Bonchev–Trinajstić information content (AvgIpc) is 3.17. The molecule has 0 spiro atoms. The molecule has 0 bridgehead atoms. The third-order valence-corrected chi connectivity index (χ3v) is 4.14. The molecule has 1 aliphatic rings. The standard InChI is InChI=1S/C14H19BrN2O2/c1-17(7-8-18)13(19)16-10-14(5-6-14)11-3-2-4-12(15)9-11/h2-4,9,18H,5-8,10H2,1H3,(H,16,19). The molecule has 0 unspecified atom stereocenters. The summed E-state index contributed by atoms with van der Waals surface area (Å²) in [5.41, 5.74) is 1.37. The fourth-order valence-electron chi connectivity index (χ4n) is 2.17. The van der Waals surface area contributed by atoms with Gasteiger partial charge in [-0.05, 0) is 30.5 Å². The smallest absolute Gasteiger partial charge is 0.317 e. The van der Waals surface area contributed by atoms with Crippen molar-refractivity contribution in [2.24, 2.45) is 0 Å². The fraction of sp³-hybridized carbons (Fsp3) is 0.500. The van der Waals surface area contributed by atoms with Crippen molar-refractivity contribution >= 4 is 22.0 Å². The average molecular weight is 327 g/mol. The molecule has 0 atom stereocenters. The van der Waals surface area contributed by atoms with Crippen LogP contribution in [0.4, 0.5) is 4.79 Å². The summed E-state index contributed by atoms with van der Waals surface area (Å²) >= 11 is 3.48. The van der Waals surface area contributed by atoms with E-state index < -0.39 is 0 Å². The summed E-state index contributed by atoms with van der Waals surface area (Å²) in [5.74, 6) is 0. The molecule has 0 aliphatic heterocycles. The number of amides is 2. The molecule has 1 aliphatic carbocycles. The van der Waals surface area contributed by atoms with Crippen LogP contribution in [-0.4, -0.2) is 42.8 Å². The van der Waals surface area contributed by atoms with Gasteiger partial charge in [-0.1, -0.05) is 28.1 Å². The minimum Gasteiger partial charge on any atom is -0.395 e.